The number of amides is 6. The highest BCUT2D eigenvalue weighted by Crippen LogP contribution is 2.51. The summed E-state index contributed by atoms with van der Waals surface area (Å²) in [5.41, 5.74) is 0.423. The Kier molecular flexibility index (Phi) is 27.9. The summed E-state index contributed by atoms with van der Waals surface area (Å²) in [6.07, 6.45) is -16.0. The van der Waals surface area contributed by atoms with Crippen LogP contribution in [0.2, 0.25) is 10.0 Å². The minimum atomic E-state index is -2.45. The normalized spacial score (nSPS) is 25.5. The van der Waals surface area contributed by atoms with E-state index >= 15 is 28.8 Å². The zero-order valence-electron chi connectivity index (χ0n) is 70.2. The number of carbonyl (C=O) groups is 8. The van der Waals surface area contributed by atoms with Crippen molar-refractivity contribution < 1.29 is 138 Å². The molecule has 6 amide bonds. The van der Waals surface area contributed by atoms with Gasteiger partial charge in [0.1, 0.15) is 119 Å². The van der Waals surface area contributed by atoms with E-state index in [1.54, 1.807) is 11.9 Å². The second kappa shape index (κ2) is 39.4. The number of nitrogens with zero attached hydrogens (tertiary/aromatic N) is 1. The lowest BCUT2D eigenvalue weighted by atomic mass is 9.89. The van der Waals surface area contributed by atoms with E-state index in [0.717, 1.165) is 128 Å². The maximum atomic E-state index is 16.9. The van der Waals surface area contributed by atoms with Crippen LogP contribution in [-0.2, 0) is 80.2 Å². The summed E-state index contributed by atoms with van der Waals surface area (Å²) in [6.45, 7) is 3.17. The average Bonchev–Trinajstić information content (AvgIpc) is 0.768. The summed E-state index contributed by atoms with van der Waals surface area (Å²) in [5.74, 6) is -18.2. The lowest BCUT2D eigenvalue weighted by Gasteiger charge is -2.41. The van der Waals surface area contributed by atoms with Crippen molar-refractivity contribution in [2.24, 2.45) is 0 Å². The maximum absolute atomic E-state index is 16.9. The number of aryl methyl sites for hydroxylation is 2. The molecule has 36 nitrogen and oxygen atoms in total. The van der Waals surface area contributed by atoms with Gasteiger partial charge in [-0.2, -0.15) is 0 Å². The number of carboxylic acids is 2. The van der Waals surface area contributed by atoms with Crippen LogP contribution in [0.3, 0.4) is 0 Å². The molecule has 4 unspecified atom stereocenters. The lowest BCUT2D eigenvalue weighted by molar-refractivity contribution is -0.277. The number of phenols is 4. The fourth-order valence-electron chi connectivity index (χ4n) is 16.6. The number of ether oxygens (including phenoxy) is 7. The van der Waals surface area contributed by atoms with Gasteiger partial charge in [0.05, 0.1) is 22.7 Å². The monoisotopic (exact) mass is 1840 g/mol. The Bertz CT molecular complexity index is 5860. The molecule has 131 heavy (non-hydrogen) atoms. The van der Waals surface area contributed by atoms with Crippen molar-refractivity contribution in [1.82, 2.24) is 42.1 Å². The molecule has 0 spiro atoms. The van der Waals surface area contributed by atoms with E-state index in [9.17, 15) is 76.0 Å². The third kappa shape index (κ3) is 19.9. The molecule has 17 bridgehead atoms. The summed E-state index contributed by atoms with van der Waals surface area (Å²) < 4.78 is 44.8. The van der Waals surface area contributed by atoms with Crippen LogP contribution in [0.5, 0.6) is 69.0 Å². The topological polar surface area (TPSA) is 552 Å². The molecule has 17 rings (SSSR count). The Hall–Kier alpha value is -12.9. The number of aromatic hydroxyl groups is 4. The molecule has 2 saturated heterocycles. The molecule has 0 radical (unpaired) electrons. The number of carboxylic acid groups (broad SMARTS) is 2. The summed E-state index contributed by atoms with van der Waals surface area (Å²) in [6, 6.07) is 20.7. The van der Waals surface area contributed by atoms with E-state index in [4.69, 9.17) is 56.4 Å². The van der Waals surface area contributed by atoms with Crippen LogP contribution in [0.1, 0.15) is 137 Å². The summed E-state index contributed by atoms with van der Waals surface area (Å²) in [7, 11) is 1.65. The molecule has 0 saturated carbocycles. The van der Waals surface area contributed by atoms with Crippen molar-refractivity contribution in [2.45, 2.75) is 182 Å². The smallest absolute Gasteiger partial charge is 0.335 e. The number of hydrogen-bond acceptors (Lipinski definition) is 28. The molecule has 688 valence electrons. The number of aliphatic hydroxyl groups is 7. The van der Waals surface area contributed by atoms with Crippen LogP contribution in [0.25, 0.3) is 11.1 Å². The molecular weight excluding hydrogens is 1750 g/mol. The minimum Gasteiger partial charge on any atom is -0.508 e. The average molecular weight is 1840 g/mol. The number of likely N-dealkylation sites (N-methyl/N-ethyl adjacent to an activating group) is 1. The van der Waals surface area contributed by atoms with Crippen LogP contribution >= 0.6 is 23.2 Å². The van der Waals surface area contributed by atoms with E-state index in [1.807, 2.05) is 55.5 Å². The molecule has 9 aromatic rings. The highest BCUT2D eigenvalue weighted by molar-refractivity contribution is 6.33. The van der Waals surface area contributed by atoms with Crippen molar-refractivity contribution in [3.8, 4) is 80.1 Å². The van der Waals surface area contributed by atoms with E-state index < -0.39 is 265 Å². The van der Waals surface area contributed by atoms with Crippen molar-refractivity contribution in [3.05, 3.63) is 235 Å². The number of halogens is 2. The van der Waals surface area contributed by atoms with Gasteiger partial charge >= 0.3 is 11.9 Å². The van der Waals surface area contributed by atoms with Crippen molar-refractivity contribution in [3.63, 3.8) is 0 Å². The Morgan fingerprint density at radius 1 is 0.504 bits per heavy atom. The molecule has 8 heterocycles. The van der Waals surface area contributed by atoms with Gasteiger partial charge in [-0.3, -0.25) is 33.7 Å². The summed E-state index contributed by atoms with van der Waals surface area (Å²) in [4.78, 5) is 126. The quantitative estimate of drug-likeness (QED) is 0.0401. The van der Waals surface area contributed by atoms with Crippen LogP contribution < -0.4 is 60.9 Å². The summed E-state index contributed by atoms with van der Waals surface area (Å²) in [5, 5.41) is 167. The van der Waals surface area contributed by atoms with E-state index in [1.165, 1.54) is 42.5 Å². The molecule has 8 aliphatic rings. The van der Waals surface area contributed by atoms with Gasteiger partial charge < -0.3 is 137 Å². The fourth-order valence-corrected chi connectivity index (χ4v) is 17.1. The number of aliphatic hydroxyl groups excluding tert-OH is 7. The number of carbonyl (C=O) groups excluding carboxylic acids is 6. The zero-order valence-corrected chi connectivity index (χ0v) is 71.7. The standard InChI is InChI=1S/C93H94Cl2N8O28/c1-4-6-8-41-10-14-44(15-11-41)38-96-74-78(111)80(113)83(91(123)124)131-92(74)130-82-64-32-49-33-65(82)127-61-27-22-48(30-56(61)94)76(109)73-88(119)101-72(90(121)122)54-34-50(105)35-63(128-93-81(114)79(112)77(110)66(40-104)129-93)67(54)53-29-46(20-25-58(53)106)69(85(116)102-73)98-86(117)70(49)99-87(118)71-55-36-52(37-60(108)68(55)95)126-62-31-47(21-26-59(62)107)75(103(3)39-45-16-12-42(13-17-45)9-7-5-2)89(120)97-57(84(115)100-71)28-43-18-23-51(125-64)24-19-43/h10-27,29-37,57,66,69-81,83,92-93,96,104-114H,4-9,28,38-40H2,1-3H3,(H,97,120)(H,98,117)(H,99,118)(H,100,115)(H,101,119)(H,102,116)(H,121,122)(H,123,124)/t57-,66-,69-,70-,71+,72+,73?,74?,75-,76-,77-,78-,79+,80?,81+,83?,92-,93+/m1/s1. The van der Waals surface area contributed by atoms with Crippen molar-refractivity contribution in [1.29, 1.82) is 0 Å². The first-order valence-corrected chi connectivity index (χ1v) is 42.8. The van der Waals surface area contributed by atoms with Gasteiger partial charge in [-0.15, -0.1) is 0 Å². The molecule has 2 fully saturated rings. The van der Waals surface area contributed by atoms with E-state index in [2.05, 4.69) is 44.1 Å². The van der Waals surface area contributed by atoms with Gasteiger partial charge in [0.15, 0.2) is 35.1 Å². The van der Waals surface area contributed by atoms with Gasteiger partial charge in [-0.1, -0.05) is 129 Å². The fraction of sp³-hybridized carbons (Fsp3) is 0.333. The van der Waals surface area contributed by atoms with Crippen LogP contribution in [0.15, 0.2) is 164 Å². The van der Waals surface area contributed by atoms with Crippen molar-refractivity contribution in [2.75, 3.05) is 13.7 Å². The number of benzene rings is 9. The first kappa shape index (κ1) is 92.8. The number of unbranched alkanes of at least 4 members (excludes halogenated alkanes) is 2. The highest BCUT2D eigenvalue weighted by Gasteiger charge is 2.51. The Morgan fingerprint density at radius 2 is 1.11 bits per heavy atom. The van der Waals surface area contributed by atoms with Crippen LogP contribution in [0, 0.1) is 0 Å². The zero-order chi connectivity index (χ0) is 93.2. The van der Waals surface area contributed by atoms with E-state index in [0.29, 0.717) is 11.1 Å². The minimum absolute atomic E-state index is 0.0885. The Labute approximate surface area is 757 Å². The number of phenolic OH excluding ortho intramolecular Hbond substituents is 4. The number of nitrogens with one attached hydrogen (secondary N) is 7. The Morgan fingerprint density at radius 3 is 1.78 bits per heavy atom. The number of aliphatic carboxylic acids is 2. The predicted octanol–water partition coefficient (Wildman–Crippen LogP) is 6.68. The molecule has 18 atom stereocenters. The number of hydrogen-bond donors (Lipinski definition) is 20. The largest absolute Gasteiger partial charge is 0.508 e. The van der Waals surface area contributed by atoms with E-state index in [-0.39, 0.29) is 41.5 Å². The highest BCUT2D eigenvalue weighted by atomic mass is 35.5. The molecule has 8 aliphatic heterocycles. The molecular formula is C93H94Cl2N8O28. The van der Waals surface area contributed by atoms with Gasteiger partial charge in [-0.25, -0.2) is 9.59 Å². The molecule has 38 heteroatoms. The van der Waals surface area contributed by atoms with Gasteiger partial charge in [0.25, 0.3) is 0 Å². The SMILES string of the molecule is CCCCc1ccc(CNC2[C@H](Oc3c4cc5cc3Oc3ccc(cc3Cl)[C@@H](O)C3NC(=O)[C@H](NC(=O)[C@@H]5NC(=O)[C@H]5NC(=O)[C@@H](Cc6ccc(cc6)O4)NC(=O)[C@H](N(C)Cc4ccc(CCCC)cc4)c4ccc(O)c(c4)Oc4cc(O)c(Cl)c5c4)c4ccc(O)c(c4)-c4c(O[C@H]5O[C@H](CO)[C@@H](O)[C@H](O)[C@@H]5O)cc(O)cc4[C@@H](C(=O)O)NC3=O)OC(C(=O)O)C(O)[C@@H]2O)cc1. The number of rotatable bonds is 19. The predicted molar refractivity (Wildman–Crippen MR) is 463 cm³/mol. The Balaban J connectivity index is 0.944. The second-order valence-electron chi connectivity index (χ2n) is 32.8. The van der Waals surface area contributed by atoms with Gasteiger partial charge in [0.2, 0.25) is 53.8 Å². The second-order valence-corrected chi connectivity index (χ2v) is 33.6. The first-order chi connectivity index (χ1) is 62.7. The summed E-state index contributed by atoms with van der Waals surface area (Å²) >= 11 is 14.4. The number of fused-ring (bicyclic) bond motifs is 14. The molecule has 0 aliphatic carbocycles. The molecule has 0 aromatic heterocycles. The third-order valence-electron chi connectivity index (χ3n) is 23.7. The maximum Gasteiger partial charge on any atom is 0.335 e. The molecule has 9 aromatic carbocycles. The van der Waals surface area contributed by atoms with Crippen LogP contribution in [0.4, 0.5) is 0 Å². The van der Waals surface area contributed by atoms with Gasteiger partial charge in [0, 0.05) is 53.9 Å². The van der Waals surface area contributed by atoms with Gasteiger partial charge in [-0.05, 0) is 156 Å². The molecule has 20 N–H and O–H groups in total. The lowest BCUT2D eigenvalue weighted by Crippen LogP contribution is -2.65. The third-order valence-corrected chi connectivity index (χ3v) is 24.4. The van der Waals surface area contributed by atoms with Crippen molar-refractivity contribution >= 4 is 70.6 Å². The van der Waals surface area contributed by atoms with Crippen LogP contribution in [-0.4, -0.2) is 206 Å². The first-order valence-electron chi connectivity index (χ1n) is 42.1.